The predicted molar refractivity (Wildman–Crippen MR) is 68.0 cm³/mol. The Hall–Kier alpha value is -1.61. The van der Waals surface area contributed by atoms with Crippen LogP contribution in [0, 0.1) is 6.92 Å². The number of pyridine rings is 1. The lowest BCUT2D eigenvalue weighted by Gasteiger charge is -2.10. The van der Waals surface area contributed by atoms with Gasteiger partial charge in [-0.2, -0.15) is 0 Å². The second kappa shape index (κ2) is 4.34. The fourth-order valence-corrected chi connectivity index (χ4v) is 2.10. The third-order valence-electron chi connectivity index (χ3n) is 2.60. The standard InChI is InChI=1S/C13H12ClNO2/c1-7-6-9(8(2)16)12-10(14)4-5-11(17-3)13(12)15-7/h4-6H,1-3H3. The van der Waals surface area contributed by atoms with Gasteiger partial charge in [0, 0.05) is 16.6 Å². The van der Waals surface area contributed by atoms with E-state index in [9.17, 15) is 4.79 Å². The van der Waals surface area contributed by atoms with Gasteiger partial charge in [-0.25, -0.2) is 4.98 Å². The average Bonchev–Trinajstić information content (AvgIpc) is 2.28. The van der Waals surface area contributed by atoms with Gasteiger partial charge in [-0.1, -0.05) is 11.6 Å². The van der Waals surface area contributed by atoms with Crippen molar-refractivity contribution < 1.29 is 9.53 Å². The maximum atomic E-state index is 11.6. The van der Waals surface area contributed by atoms with Crippen molar-refractivity contribution in [2.75, 3.05) is 7.11 Å². The molecule has 0 saturated heterocycles. The second-order valence-electron chi connectivity index (χ2n) is 3.84. The van der Waals surface area contributed by atoms with Gasteiger partial charge < -0.3 is 4.74 Å². The number of ether oxygens (including phenoxy) is 1. The minimum absolute atomic E-state index is 0.0318. The summed E-state index contributed by atoms with van der Waals surface area (Å²) in [6.07, 6.45) is 0. The summed E-state index contributed by atoms with van der Waals surface area (Å²) >= 11 is 6.14. The van der Waals surface area contributed by atoms with Gasteiger partial charge in [0.05, 0.1) is 12.1 Å². The number of carbonyl (C=O) groups excluding carboxylic acids is 1. The van der Waals surface area contributed by atoms with Crippen LogP contribution in [0.25, 0.3) is 10.9 Å². The van der Waals surface area contributed by atoms with Crippen molar-refractivity contribution in [3.05, 3.63) is 34.5 Å². The molecule has 0 fully saturated rings. The number of Topliss-reactive ketones (excluding diaryl/α,β-unsaturated/α-hetero) is 1. The van der Waals surface area contributed by atoms with Crippen molar-refractivity contribution in [3.63, 3.8) is 0 Å². The summed E-state index contributed by atoms with van der Waals surface area (Å²) in [6, 6.07) is 5.21. The summed E-state index contributed by atoms with van der Waals surface area (Å²) in [6.45, 7) is 3.36. The van der Waals surface area contributed by atoms with Crippen LogP contribution in [0.15, 0.2) is 18.2 Å². The van der Waals surface area contributed by atoms with E-state index >= 15 is 0 Å². The lowest BCUT2D eigenvalue weighted by atomic mass is 10.0. The first-order valence-electron chi connectivity index (χ1n) is 5.19. The molecule has 0 saturated carbocycles. The molecule has 1 aromatic heterocycles. The Morgan fingerprint density at radius 2 is 2.12 bits per heavy atom. The maximum absolute atomic E-state index is 11.6. The molecule has 0 atom stereocenters. The van der Waals surface area contributed by atoms with E-state index in [0.29, 0.717) is 27.2 Å². The zero-order valence-corrected chi connectivity index (χ0v) is 10.6. The molecule has 2 rings (SSSR count). The number of fused-ring (bicyclic) bond motifs is 1. The molecule has 1 aromatic carbocycles. The van der Waals surface area contributed by atoms with Crippen LogP contribution in [0.2, 0.25) is 5.02 Å². The normalized spacial score (nSPS) is 10.6. The summed E-state index contributed by atoms with van der Waals surface area (Å²) in [5.74, 6) is 0.589. The predicted octanol–water partition coefficient (Wildman–Crippen LogP) is 3.41. The van der Waals surface area contributed by atoms with E-state index in [4.69, 9.17) is 16.3 Å². The minimum Gasteiger partial charge on any atom is -0.494 e. The van der Waals surface area contributed by atoms with E-state index < -0.39 is 0 Å². The van der Waals surface area contributed by atoms with Crippen LogP contribution < -0.4 is 4.74 Å². The summed E-state index contributed by atoms with van der Waals surface area (Å²) in [7, 11) is 1.57. The molecular weight excluding hydrogens is 238 g/mol. The van der Waals surface area contributed by atoms with Crippen molar-refractivity contribution in [3.8, 4) is 5.75 Å². The van der Waals surface area contributed by atoms with E-state index in [-0.39, 0.29) is 5.78 Å². The van der Waals surface area contributed by atoms with Gasteiger partial charge in [-0.15, -0.1) is 0 Å². The minimum atomic E-state index is -0.0318. The number of ketones is 1. The SMILES string of the molecule is COc1ccc(Cl)c2c(C(C)=O)cc(C)nc12. The van der Waals surface area contributed by atoms with E-state index in [2.05, 4.69) is 4.98 Å². The van der Waals surface area contributed by atoms with Crippen LogP contribution in [0.3, 0.4) is 0 Å². The third kappa shape index (κ3) is 1.98. The molecule has 0 N–H and O–H groups in total. The molecule has 0 aliphatic rings. The van der Waals surface area contributed by atoms with Crippen LogP contribution in [0.4, 0.5) is 0 Å². The number of halogens is 1. The molecule has 0 amide bonds. The van der Waals surface area contributed by atoms with Crippen molar-refractivity contribution in [1.29, 1.82) is 0 Å². The van der Waals surface area contributed by atoms with Crippen LogP contribution in [0.1, 0.15) is 23.0 Å². The Morgan fingerprint density at radius 3 is 2.71 bits per heavy atom. The largest absolute Gasteiger partial charge is 0.494 e. The Kier molecular flexibility index (Phi) is 3.03. The third-order valence-corrected chi connectivity index (χ3v) is 2.91. The van der Waals surface area contributed by atoms with E-state index in [0.717, 1.165) is 5.69 Å². The highest BCUT2D eigenvalue weighted by Gasteiger charge is 2.14. The lowest BCUT2D eigenvalue weighted by Crippen LogP contribution is -1.99. The van der Waals surface area contributed by atoms with Crippen molar-refractivity contribution in [2.45, 2.75) is 13.8 Å². The highest BCUT2D eigenvalue weighted by Crippen LogP contribution is 2.33. The number of carbonyl (C=O) groups is 1. The van der Waals surface area contributed by atoms with Gasteiger partial charge in [-0.05, 0) is 32.0 Å². The van der Waals surface area contributed by atoms with Crippen LogP contribution >= 0.6 is 11.6 Å². The molecule has 0 spiro atoms. The zero-order chi connectivity index (χ0) is 12.6. The number of aromatic nitrogens is 1. The molecule has 0 aliphatic heterocycles. The van der Waals surface area contributed by atoms with E-state index in [1.807, 2.05) is 6.92 Å². The average molecular weight is 250 g/mol. The first-order chi connectivity index (χ1) is 8.04. The van der Waals surface area contributed by atoms with Crippen LogP contribution in [0.5, 0.6) is 5.75 Å². The Bertz CT molecular complexity index is 608. The van der Waals surface area contributed by atoms with Gasteiger partial charge in [0.15, 0.2) is 5.78 Å². The fraction of sp³-hybridized carbons (Fsp3) is 0.231. The second-order valence-corrected chi connectivity index (χ2v) is 4.25. The number of benzene rings is 1. The Balaban J connectivity index is 2.97. The summed E-state index contributed by atoms with van der Waals surface area (Å²) < 4.78 is 5.24. The van der Waals surface area contributed by atoms with Crippen molar-refractivity contribution >= 4 is 28.3 Å². The topological polar surface area (TPSA) is 39.2 Å². The first-order valence-corrected chi connectivity index (χ1v) is 5.57. The van der Waals surface area contributed by atoms with E-state index in [1.165, 1.54) is 6.92 Å². The summed E-state index contributed by atoms with van der Waals surface area (Å²) in [4.78, 5) is 16.0. The highest BCUT2D eigenvalue weighted by atomic mass is 35.5. The molecule has 0 radical (unpaired) electrons. The molecule has 0 aliphatic carbocycles. The maximum Gasteiger partial charge on any atom is 0.160 e. The quantitative estimate of drug-likeness (QED) is 0.766. The van der Waals surface area contributed by atoms with Crippen LogP contribution in [-0.4, -0.2) is 17.9 Å². The number of hydrogen-bond acceptors (Lipinski definition) is 3. The lowest BCUT2D eigenvalue weighted by molar-refractivity contribution is 0.101. The van der Waals surface area contributed by atoms with Crippen molar-refractivity contribution in [1.82, 2.24) is 4.98 Å². The van der Waals surface area contributed by atoms with Gasteiger partial charge >= 0.3 is 0 Å². The molecular formula is C13H12ClNO2. The van der Waals surface area contributed by atoms with Gasteiger partial charge in [-0.3, -0.25) is 4.79 Å². The number of rotatable bonds is 2. The molecule has 1 heterocycles. The molecule has 2 aromatic rings. The summed E-state index contributed by atoms with van der Waals surface area (Å²) in [5, 5.41) is 1.17. The van der Waals surface area contributed by atoms with Crippen molar-refractivity contribution in [2.24, 2.45) is 0 Å². The van der Waals surface area contributed by atoms with E-state index in [1.54, 1.807) is 25.3 Å². The molecule has 17 heavy (non-hydrogen) atoms. The first kappa shape index (κ1) is 11.9. The Morgan fingerprint density at radius 1 is 1.41 bits per heavy atom. The number of hydrogen-bond donors (Lipinski definition) is 0. The molecule has 3 nitrogen and oxygen atoms in total. The molecule has 88 valence electrons. The fourth-order valence-electron chi connectivity index (χ4n) is 1.85. The number of nitrogens with zero attached hydrogens (tertiary/aromatic N) is 1. The Labute approximate surface area is 104 Å². The van der Waals surface area contributed by atoms with Gasteiger partial charge in [0.25, 0.3) is 0 Å². The van der Waals surface area contributed by atoms with Gasteiger partial charge in [0.1, 0.15) is 11.3 Å². The highest BCUT2D eigenvalue weighted by molar-refractivity contribution is 6.37. The molecule has 0 unspecified atom stereocenters. The number of aryl methyl sites for hydroxylation is 1. The smallest absolute Gasteiger partial charge is 0.160 e. The molecule has 4 heteroatoms. The number of methoxy groups -OCH3 is 1. The molecule has 0 bridgehead atoms. The zero-order valence-electron chi connectivity index (χ0n) is 9.87. The van der Waals surface area contributed by atoms with Gasteiger partial charge in [0.2, 0.25) is 0 Å². The monoisotopic (exact) mass is 249 g/mol. The van der Waals surface area contributed by atoms with Crippen LogP contribution in [-0.2, 0) is 0 Å². The summed E-state index contributed by atoms with van der Waals surface area (Å²) in [5.41, 5.74) is 1.98.